The van der Waals surface area contributed by atoms with Gasteiger partial charge in [-0.25, -0.2) is 0 Å². The lowest BCUT2D eigenvalue weighted by molar-refractivity contribution is -0.142. The Kier molecular flexibility index (Phi) is 4.74. The van der Waals surface area contributed by atoms with Crippen LogP contribution in [-0.4, -0.2) is 55.0 Å². The minimum Gasteiger partial charge on any atom is -0.340 e. The Morgan fingerprint density at radius 3 is 2.19 bits per heavy atom. The van der Waals surface area contributed by atoms with Crippen molar-refractivity contribution in [1.29, 1.82) is 0 Å². The van der Waals surface area contributed by atoms with Crippen LogP contribution < -0.4 is 5.73 Å². The van der Waals surface area contributed by atoms with Gasteiger partial charge >= 0.3 is 0 Å². The number of piperazine rings is 1. The molecule has 1 aliphatic rings. The zero-order chi connectivity index (χ0) is 12.2. The highest BCUT2D eigenvalue weighted by molar-refractivity contribution is 5.82. The van der Waals surface area contributed by atoms with Gasteiger partial charge in [-0.2, -0.15) is 0 Å². The molecule has 2 N–H and O–H groups in total. The number of carbonyl (C=O) groups is 1. The molecule has 0 aromatic rings. The molecular formula is C12H25N3O. The molecule has 4 nitrogen and oxygen atoms in total. The first-order valence-electron chi connectivity index (χ1n) is 6.29. The minimum absolute atomic E-state index is 0.230. The van der Waals surface area contributed by atoms with Gasteiger partial charge in [-0.15, -0.1) is 0 Å². The summed E-state index contributed by atoms with van der Waals surface area (Å²) in [4.78, 5) is 16.6. The fourth-order valence-electron chi connectivity index (χ4n) is 2.03. The van der Waals surface area contributed by atoms with Crippen molar-refractivity contribution in [3.63, 3.8) is 0 Å². The summed E-state index contributed by atoms with van der Waals surface area (Å²) in [5.41, 5.74) is 5.35. The van der Waals surface area contributed by atoms with Crippen molar-refractivity contribution in [2.45, 2.75) is 27.2 Å². The number of carbonyl (C=O) groups excluding carboxylic acids is 1. The molecule has 1 rings (SSSR count). The monoisotopic (exact) mass is 227 g/mol. The second-order valence-electron chi connectivity index (χ2n) is 4.84. The van der Waals surface area contributed by atoms with Crippen LogP contribution in [0, 0.1) is 5.41 Å². The second kappa shape index (κ2) is 5.64. The number of nitrogens with zero attached hydrogens (tertiary/aromatic N) is 2. The van der Waals surface area contributed by atoms with Gasteiger partial charge in [-0.05, 0) is 19.9 Å². The van der Waals surface area contributed by atoms with E-state index >= 15 is 0 Å². The Balaban J connectivity index is 2.56. The Morgan fingerprint density at radius 2 is 1.81 bits per heavy atom. The summed E-state index contributed by atoms with van der Waals surface area (Å²) in [6, 6.07) is 0. The van der Waals surface area contributed by atoms with E-state index in [0.717, 1.165) is 39.1 Å². The molecule has 0 aromatic carbocycles. The van der Waals surface area contributed by atoms with E-state index in [1.165, 1.54) is 0 Å². The molecule has 16 heavy (non-hydrogen) atoms. The Bertz CT molecular complexity index is 230. The van der Waals surface area contributed by atoms with E-state index in [-0.39, 0.29) is 11.3 Å². The fourth-order valence-corrected chi connectivity index (χ4v) is 2.03. The smallest absolute Gasteiger partial charge is 0.229 e. The van der Waals surface area contributed by atoms with Crippen molar-refractivity contribution in [3.8, 4) is 0 Å². The fraction of sp³-hybridized carbons (Fsp3) is 0.917. The minimum atomic E-state index is -0.367. The third-order valence-corrected chi connectivity index (χ3v) is 3.85. The molecule has 94 valence electrons. The molecule has 1 fully saturated rings. The van der Waals surface area contributed by atoms with Crippen LogP contribution in [0.3, 0.4) is 0 Å². The predicted molar refractivity (Wildman–Crippen MR) is 66.1 cm³/mol. The van der Waals surface area contributed by atoms with E-state index in [9.17, 15) is 4.79 Å². The number of hydrogen-bond acceptors (Lipinski definition) is 3. The van der Waals surface area contributed by atoms with Crippen molar-refractivity contribution in [1.82, 2.24) is 9.80 Å². The molecule has 1 aliphatic heterocycles. The largest absolute Gasteiger partial charge is 0.340 e. The maximum Gasteiger partial charge on any atom is 0.229 e. The molecule has 0 aliphatic carbocycles. The summed E-state index contributed by atoms with van der Waals surface area (Å²) in [5, 5.41) is 0. The van der Waals surface area contributed by atoms with E-state index in [4.69, 9.17) is 5.73 Å². The van der Waals surface area contributed by atoms with Crippen molar-refractivity contribution < 1.29 is 4.79 Å². The van der Waals surface area contributed by atoms with E-state index in [1.807, 2.05) is 18.7 Å². The zero-order valence-electron chi connectivity index (χ0n) is 10.8. The quantitative estimate of drug-likeness (QED) is 0.762. The van der Waals surface area contributed by atoms with Crippen LogP contribution in [0.25, 0.3) is 0 Å². The molecule has 1 saturated heterocycles. The molecule has 0 radical (unpaired) electrons. The van der Waals surface area contributed by atoms with Crippen LogP contribution in [0.5, 0.6) is 0 Å². The van der Waals surface area contributed by atoms with Gasteiger partial charge in [0.2, 0.25) is 5.91 Å². The van der Waals surface area contributed by atoms with E-state index < -0.39 is 0 Å². The van der Waals surface area contributed by atoms with Crippen LogP contribution in [0.4, 0.5) is 0 Å². The van der Waals surface area contributed by atoms with Gasteiger partial charge in [0, 0.05) is 32.7 Å². The third kappa shape index (κ3) is 2.74. The second-order valence-corrected chi connectivity index (χ2v) is 4.84. The average Bonchev–Trinajstić information content (AvgIpc) is 2.37. The van der Waals surface area contributed by atoms with Gasteiger partial charge in [0.15, 0.2) is 0 Å². The molecule has 0 spiro atoms. The zero-order valence-corrected chi connectivity index (χ0v) is 10.8. The summed E-state index contributed by atoms with van der Waals surface area (Å²) in [6.07, 6.45) is 0.816. The highest BCUT2D eigenvalue weighted by Gasteiger charge is 2.34. The van der Waals surface area contributed by atoms with E-state index in [1.54, 1.807) is 0 Å². The molecule has 1 atom stereocenters. The van der Waals surface area contributed by atoms with Gasteiger partial charge in [-0.1, -0.05) is 13.8 Å². The molecule has 0 bridgehead atoms. The van der Waals surface area contributed by atoms with Crippen molar-refractivity contribution >= 4 is 5.91 Å². The van der Waals surface area contributed by atoms with Crippen LogP contribution in [0.15, 0.2) is 0 Å². The summed E-state index contributed by atoms with van der Waals surface area (Å²) >= 11 is 0. The number of likely N-dealkylation sites (N-methyl/N-ethyl adjacent to an activating group) is 1. The lowest BCUT2D eigenvalue weighted by Crippen LogP contribution is -2.53. The summed E-state index contributed by atoms with van der Waals surface area (Å²) < 4.78 is 0. The third-order valence-electron chi connectivity index (χ3n) is 3.85. The maximum atomic E-state index is 12.3. The molecule has 1 heterocycles. The van der Waals surface area contributed by atoms with Gasteiger partial charge in [0.05, 0.1) is 5.41 Å². The van der Waals surface area contributed by atoms with Crippen LogP contribution in [0.2, 0.25) is 0 Å². The first-order valence-corrected chi connectivity index (χ1v) is 6.29. The van der Waals surface area contributed by atoms with Crippen LogP contribution in [-0.2, 0) is 4.79 Å². The summed E-state index contributed by atoms with van der Waals surface area (Å²) in [7, 11) is 0. The number of rotatable bonds is 4. The summed E-state index contributed by atoms with van der Waals surface area (Å²) in [6.45, 7) is 11.4. The number of nitrogens with two attached hydrogens (primary N) is 1. The van der Waals surface area contributed by atoms with Gasteiger partial charge in [0.1, 0.15) is 0 Å². The Labute approximate surface area is 98.8 Å². The highest BCUT2D eigenvalue weighted by Crippen LogP contribution is 2.23. The normalized spacial score (nSPS) is 21.9. The van der Waals surface area contributed by atoms with Gasteiger partial charge in [0.25, 0.3) is 0 Å². The maximum absolute atomic E-state index is 12.3. The molecular weight excluding hydrogens is 202 g/mol. The van der Waals surface area contributed by atoms with Crippen molar-refractivity contribution in [3.05, 3.63) is 0 Å². The molecule has 4 heteroatoms. The summed E-state index contributed by atoms with van der Waals surface area (Å²) in [5.74, 6) is 0.230. The Hall–Kier alpha value is -0.610. The average molecular weight is 227 g/mol. The van der Waals surface area contributed by atoms with E-state index in [0.29, 0.717) is 6.54 Å². The lowest BCUT2D eigenvalue weighted by atomic mass is 9.86. The Morgan fingerprint density at radius 1 is 1.25 bits per heavy atom. The van der Waals surface area contributed by atoms with Crippen LogP contribution in [0.1, 0.15) is 27.2 Å². The van der Waals surface area contributed by atoms with Gasteiger partial charge < -0.3 is 15.5 Å². The van der Waals surface area contributed by atoms with Crippen LogP contribution >= 0.6 is 0 Å². The molecule has 1 amide bonds. The number of hydrogen-bond donors (Lipinski definition) is 1. The SMILES string of the molecule is CCN1CCN(C(=O)C(C)(CC)CN)CC1. The molecule has 1 unspecified atom stereocenters. The predicted octanol–water partition coefficient (Wildman–Crippen LogP) is 0.526. The van der Waals surface area contributed by atoms with E-state index in [2.05, 4.69) is 11.8 Å². The standard InChI is InChI=1S/C12H25N3O/c1-4-12(3,10-13)11(16)15-8-6-14(5-2)7-9-15/h4-10,13H2,1-3H3. The van der Waals surface area contributed by atoms with Crippen molar-refractivity contribution in [2.75, 3.05) is 39.3 Å². The van der Waals surface area contributed by atoms with Crippen molar-refractivity contribution in [2.24, 2.45) is 11.1 Å². The lowest BCUT2D eigenvalue weighted by Gasteiger charge is -2.38. The topological polar surface area (TPSA) is 49.6 Å². The first-order chi connectivity index (χ1) is 7.57. The van der Waals surface area contributed by atoms with Gasteiger partial charge in [-0.3, -0.25) is 4.79 Å². The molecule has 0 saturated carbocycles. The number of amides is 1. The first kappa shape index (κ1) is 13.5. The molecule has 0 aromatic heterocycles. The highest BCUT2D eigenvalue weighted by atomic mass is 16.2.